The van der Waals surface area contributed by atoms with E-state index in [0.717, 1.165) is 29.3 Å². The molecular formula is C22H23BrN2O3S. The molecule has 0 bridgehead atoms. The number of halogens is 1. The number of benzene rings is 2. The molecule has 5 nitrogen and oxygen atoms in total. The zero-order chi connectivity index (χ0) is 20.4. The van der Waals surface area contributed by atoms with Gasteiger partial charge in [-0.3, -0.25) is 9.10 Å². The number of carbonyl (C=O) groups excluding carboxylic acids is 1. The quantitative estimate of drug-likeness (QED) is 0.642. The molecule has 2 aromatic carbocycles. The number of rotatable bonds is 5. The molecule has 1 aliphatic carbocycles. The summed E-state index contributed by atoms with van der Waals surface area (Å²) in [6.07, 6.45) is 7.73. The van der Waals surface area contributed by atoms with Crippen molar-refractivity contribution in [3.05, 3.63) is 58.6 Å². The first-order valence-electron chi connectivity index (χ1n) is 9.83. The molecule has 1 amide bonds. The maximum Gasteiger partial charge on any atom is 0.265 e. The van der Waals surface area contributed by atoms with Crippen molar-refractivity contribution in [2.45, 2.75) is 37.0 Å². The van der Waals surface area contributed by atoms with E-state index in [1.807, 2.05) is 12.1 Å². The van der Waals surface area contributed by atoms with Gasteiger partial charge >= 0.3 is 0 Å². The minimum absolute atomic E-state index is 0.228. The van der Waals surface area contributed by atoms with Crippen LogP contribution in [0.1, 0.15) is 32.1 Å². The number of sulfonamides is 1. The van der Waals surface area contributed by atoms with Crippen molar-refractivity contribution in [2.75, 3.05) is 17.4 Å². The maximum absolute atomic E-state index is 13.2. The predicted molar refractivity (Wildman–Crippen MR) is 118 cm³/mol. The predicted octanol–water partition coefficient (Wildman–Crippen LogP) is 4.63. The zero-order valence-corrected chi connectivity index (χ0v) is 18.4. The SMILES string of the molecule is O=C(CN1c2ccc(Br)cc2-c2ccccc2S1(=O)=O)NCCC1=CCCCC1. The number of anilines is 1. The molecular weight excluding hydrogens is 452 g/mol. The van der Waals surface area contributed by atoms with E-state index in [-0.39, 0.29) is 17.3 Å². The lowest BCUT2D eigenvalue weighted by atomic mass is 9.97. The molecule has 2 aliphatic rings. The second kappa shape index (κ2) is 8.32. The van der Waals surface area contributed by atoms with Gasteiger partial charge in [0, 0.05) is 22.1 Å². The highest BCUT2D eigenvalue weighted by atomic mass is 79.9. The van der Waals surface area contributed by atoms with Gasteiger partial charge in [0.1, 0.15) is 6.54 Å². The Morgan fingerprint density at radius 3 is 2.72 bits per heavy atom. The topological polar surface area (TPSA) is 66.5 Å². The first kappa shape index (κ1) is 20.2. The molecule has 2 aromatic rings. The van der Waals surface area contributed by atoms with Crippen molar-refractivity contribution in [1.29, 1.82) is 0 Å². The molecule has 0 radical (unpaired) electrons. The normalized spacial score (nSPS) is 17.1. The third-order valence-corrected chi connectivity index (χ3v) is 7.72. The van der Waals surface area contributed by atoms with E-state index in [0.29, 0.717) is 17.8 Å². The average Bonchev–Trinajstić information content (AvgIpc) is 2.72. The van der Waals surface area contributed by atoms with Crippen LogP contribution in [0.2, 0.25) is 0 Å². The summed E-state index contributed by atoms with van der Waals surface area (Å²) in [6, 6.07) is 12.3. The van der Waals surface area contributed by atoms with E-state index in [1.54, 1.807) is 30.3 Å². The number of nitrogens with one attached hydrogen (secondary N) is 1. The Kier molecular flexibility index (Phi) is 5.79. The van der Waals surface area contributed by atoms with Crippen LogP contribution in [0.3, 0.4) is 0 Å². The molecule has 7 heteroatoms. The van der Waals surface area contributed by atoms with E-state index >= 15 is 0 Å². The van der Waals surface area contributed by atoms with Crippen LogP contribution in [-0.4, -0.2) is 27.4 Å². The molecule has 0 atom stereocenters. The fourth-order valence-electron chi connectivity index (χ4n) is 3.95. The number of fused-ring (bicyclic) bond motifs is 3. The Morgan fingerprint density at radius 2 is 1.93 bits per heavy atom. The fourth-order valence-corrected chi connectivity index (χ4v) is 5.96. The van der Waals surface area contributed by atoms with Gasteiger partial charge in [-0.2, -0.15) is 0 Å². The molecule has 0 aromatic heterocycles. The standard InChI is InChI=1S/C22H23BrN2O3S/c23-17-10-11-20-19(14-17)18-8-4-5-9-21(18)29(27,28)25(20)15-22(26)24-13-12-16-6-2-1-3-7-16/h4-6,8-11,14H,1-3,7,12-13,15H2,(H,24,26). The molecule has 0 saturated heterocycles. The highest BCUT2D eigenvalue weighted by Crippen LogP contribution is 2.43. The summed E-state index contributed by atoms with van der Waals surface area (Å²) in [6.45, 7) is 0.298. The van der Waals surface area contributed by atoms with Crippen LogP contribution in [0.4, 0.5) is 5.69 Å². The van der Waals surface area contributed by atoms with Crippen LogP contribution in [0, 0.1) is 0 Å². The van der Waals surface area contributed by atoms with Crippen molar-refractivity contribution in [3.63, 3.8) is 0 Å². The van der Waals surface area contributed by atoms with Crippen LogP contribution < -0.4 is 9.62 Å². The van der Waals surface area contributed by atoms with Crippen molar-refractivity contribution in [1.82, 2.24) is 5.32 Å². The zero-order valence-electron chi connectivity index (χ0n) is 16.0. The van der Waals surface area contributed by atoms with Gasteiger partial charge in [-0.1, -0.05) is 45.8 Å². The molecule has 0 fully saturated rings. The van der Waals surface area contributed by atoms with Crippen LogP contribution in [0.15, 0.2) is 63.5 Å². The third-order valence-electron chi connectivity index (χ3n) is 5.41. The Hall–Kier alpha value is -2.12. The second-order valence-electron chi connectivity index (χ2n) is 7.38. The van der Waals surface area contributed by atoms with E-state index in [1.165, 1.54) is 22.7 Å². The summed E-state index contributed by atoms with van der Waals surface area (Å²) in [5.41, 5.74) is 3.36. The van der Waals surface area contributed by atoms with Crippen molar-refractivity contribution in [2.24, 2.45) is 0 Å². The highest BCUT2D eigenvalue weighted by Gasteiger charge is 2.35. The van der Waals surface area contributed by atoms with Gasteiger partial charge < -0.3 is 5.32 Å². The summed E-state index contributed by atoms with van der Waals surface area (Å²) >= 11 is 3.46. The monoisotopic (exact) mass is 474 g/mol. The van der Waals surface area contributed by atoms with E-state index in [9.17, 15) is 13.2 Å². The minimum Gasteiger partial charge on any atom is -0.354 e. The van der Waals surface area contributed by atoms with Crippen molar-refractivity contribution >= 4 is 37.5 Å². The number of carbonyl (C=O) groups is 1. The van der Waals surface area contributed by atoms with Gasteiger partial charge in [-0.25, -0.2) is 8.42 Å². The molecule has 0 unspecified atom stereocenters. The number of hydrogen-bond donors (Lipinski definition) is 1. The molecule has 1 heterocycles. The lowest BCUT2D eigenvalue weighted by Crippen LogP contribution is -2.42. The minimum atomic E-state index is -3.80. The first-order chi connectivity index (χ1) is 14.0. The number of nitrogens with zero attached hydrogens (tertiary/aromatic N) is 1. The lowest BCUT2D eigenvalue weighted by Gasteiger charge is -2.31. The molecule has 152 valence electrons. The Balaban J connectivity index is 1.55. The van der Waals surface area contributed by atoms with E-state index in [2.05, 4.69) is 27.3 Å². The van der Waals surface area contributed by atoms with Gasteiger partial charge in [-0.05, 0) is 56.4 Å². The van der Waals surface area contributed by atoms with Crippen molar-refractivity contribution in [3.8, 4) is 11.1 Å². The first-order valence-corrected chi connectivity index (χ1v) is 12.1. The summed E-state index contributed by atoms with van der Waals surface area (Å²) < 4.78 is 28.5. The number of allylic oxidation sites excluding steroid dienone is 1. The van der Waals surface area contributed by atoms with E-state index in [4.69, 9.17) is 0 Å². The largest absolute Gasteiger partial charge is 0.354 e. The summed E-state index contributed by atoms with van der Waals surface area (Å²) in [5, 5.41) is 2.89. The average molecular weight is 475 g/mol. The van der Waals surface area contributed by atoms with Gasteiger partial charge in [0.2, 0.25) is 5.91 Å². The Labute approximate surface area is 180 Å². The Morgan fingerprint density at radius 1 is 1.10 bits per heavy atom. The van der Waals surface area contributed by atoms with Crippen LogP contribution in [0.25, 0.3) is 11.1 Å². The second-order valence-corrected chi connectivity index (χ2v) is 10.1. The van der Waals surface area contributed by atoms with Crippen LogP contribution in [-0.2, 0) is 14.8 Å². The summed E-state index contributed by atoms with van der Waals surface area (Å²) in [7, 11) is -3.80. The van der Waals surface area contributed by atoms with Gasteiger partial charge in [0.05, 0.1) is 10.6 Å². The lowest BCUT2D eigenvalue weighted by molar-refractivity contribution is -0.119. The molecule has 4 rings (SSSR count). The molecule has 1 aliphatic heterocycles. The van der Waals surface area contributed by atoms with Crippen LogP contribution >= 0.6 is 15.9 Å². The highest BCUT2D eigenvalue weighted by molar-refractivity contribution is 9.10. The summed E-state index contributed by atoms with van der Waals surface area (Å²) in [5.74, 6) is -0.293. The van der Waals surface area contributed by atoms with Gasteiger partial charge in [0.25, 0.3) is 10.0 Å². The number of amides is 1. The molecule has 0 saturated carbocycles. The molecule has 0 spiro atoms. The van der Waals surface area contributed by atoms with E-state index < -0.39 is 10.0 Å². The van der Waals surface area contributed by atoms with Crippen LogP contribution in [0.5, 0.6) is 0 Å². The molecule has 1 N–H and O–H groups in total. The molecule has 29 heavy (non-hydrogen) atoms. The maximum atomic E-state index is 13.2. The van der Waals surface area contributed by atoms with Gasteiger partial charge in [0.15, 0.2) is 0 Å². The fraction of sp³-hybridized carbons (Fsp3) is 0.318. The Bertz CT molecular complexity index is 1080. The summed E-state index contributed by atoms with van der Waals surface area (Å²) in [4.78, 5) is 12.8. The smallest absolute Gasteiger partial charge is 0.265 e. The van der Waals surface area contributed by atoms with Crippen molar-refractivity contribution < 1.29 is 13.2 Å². The van der Waals surface area contributed by atoms with Gasteiger partial charge in [-0.15, -0.1) is 0 Å². The number of hydrogen-bond acceptors (Lipinski definition) is 3. The third kappa shape index (κ3) is 4.12.